The summed E-state index contributed by atoms with van der Waals surface area (Å²) >= 11 is 9.29. The standard InChI is InChI=1S/C19H12BrClF3NO2/c1-9-3-4-11(27-2)7-15(9)25-8-12(20)19(26)17(21)18(25)16-13(23)5-10(22)6-14(16)24/h3-8H,1-2H3. The van der Waals surface area contributed by atoms with Crippen molar-refractivity contribution in [3.05, 3.63) is 79.3 Å². The summed E-state index contributed by atoms with van der Waals surface area (Å²) < 4.78 is 48.9. The number of aromatic nitrogens is 1. The molecule has 2 aromatic carbocycles. The Morgan fingerprint density at radius 2 is 1.74 bits per heavy atom. The fraction of sp³-hybridized carbons (Fsp3) is 0.105. The molecule has 0 radical (unpaired) electrons. The van der Waals surface area contributed by atoms with Gasteiger partial charge in [0, 0.05) is 24.4 Å². The molecule has 0 atom stereocenters. The van der Waals surface area contributed by atoms with Gasteiger partial charge >= 0.3 is 0 Å². The first-order valence-electron chi connectivity index (χ1n) is 7.65. The van der Waals surface area contributed by atoms with Gasteiger partial charge in [-0.05, 0) is 34.5 Å². The van der Waals surface area contributed by atoms with Crippen molar-refractivity contribution in [2.75, 3.05) is 7.11 Å². The topological polar surface area (TPSA) is 31.2 Å². The van der Waals surface area contributed by atoms with Crippen LogP contribution < -0.4 is 10.2 Å². The molecular formula is C19H12BrClF3NO2. The Kier molecular flexibility index (Phi) is 5.35. The molecule has 0 saturated heterocycles. The summed E-state index contributed by atoms with van der Waals surface area (Å²) in [6.45, 7) is 1.77. The van der Waals surface area contributed by atoms with Crippen LogP contribution in [0.25, 0.3) is 16.9 Å². The maximum Gasteiger partial charge on any atom is 0.214 e. The zero-order chi connectivity index (χ0) is 19.9. The molecule has 0 aliphatic carbocycles. The van der Waals surface area contributed by atoms with E-state index in [0.717, 1.165) is 5.56 Å². The van der Waals surface area contributed by atoms with Gasteiger partial charge in [0.25, 0.3) is 0 Å². The molecule has 0 aliphatic rings. The minimum atomic E-state index is -1.18. The third-order valence-electron chi connectivity index (χ3n) is 4.03. The number of methoxy groups -OCH3 is 1. The molecule has 1 aromatic heterocycles. The summed E-state index contributed by atoms with van der Waals surface area (Å²) in [4.78, 5) is 12.3. The number of benzene rings is 2. The second-order valence-electron chi connectivity index (χ2n) is 5.74. The van der Waals surface area contributed by atoms with Crippen LogP contribution in [-0.2, 0) is 0 Å². The largest absolute Gasteiger partial charge is 0.497 e. The number of pyridine rings is 1. The highest BCUT2D eigenvalue weighted by atomic mass is 79.9. The number of nitrogens with zero attached hydrogens (tertiary/aromatic N) is 1. The van der Waals surface area contributed by atoms with E-state index in [9.17, 15) is 18.0 Å². The van der Waals surface area contributed by atoms with E-state index in [4.69, 9.17) is 16.3 Å². The lowest BCUT2D eigenvalue weighted by Gasteiger charge is -2.19. The minimum absolute atomic E-state index is 0.0985. The van der Waals surface area contributed by atoms with E-state index in [1.807, 2.05) is 0 Å². The molecule has 0 aliphatic heterocycles. The Morgan fingerprint density at radius 3 is 2.33 bits per heavy atom. The Hall–Kier alpha value is -2.25. The molecule has 27 heavy (non-hydrogen) atoms. The van der Waals surface area contributed by atoms with Gasteiger partial charge in [-0.3, -0.25) is 4.79 Å². The normalized spacial score (nSPS) is 10.9. The van der Waals surface area contributed by atoms with Gasteiger partial charge < -0.3 is 9.30 Å². The Bertz CT molecular complexity index is 1090. The molecule has 140 valence electrons. The van der Waals surface area contributed by atoms with Crippen molar-refractivity contribution in [3.8, 4) is 22.7 Å². The molecule has 3 aromatic rings. The second-order valence-corrected chi connectivity index (χ2v) is 6.97. The third-order valence-corrected chi connectivity index (χ3v) is 4.94. The van der Waals surface area contributed by atoms with Crippen LogP contribution in [0.1, 0.15) is 5.56 Å². The quantitative estimate of drug-likeness (QED) is 0.507. The van der Waals surface area contributed by atoms with Crippen molar-refractivity contribution in [1.82, 2.24) is 4.57 Å². The number of hydrogen-bond donors (Lipinski definition) is 0. The van der Waals surface area contributed by atoms with E-state index in [-0.39, 0.29) is 10.2 Å². The van der Waals surface area contributed by atoms with Gasteiger partial charge in [0.15, 0.2) is 0 Å². The van der Waals surface area contributed by atoms with Gasteiger partial charge in [-0.2, -0.15) is 0 Å². The number of rotatable bonds is 3. The number of aryl methyl sites for hydroxylation is 1. The highest BCUT2D eigenvalue weighted by molar-refractivity contribution is 9.10. The molecule has 0 N–H and O–H groups in total. The molecule has 0 spiro atoms. The number of halogens is 5. The molecule has 8 heteroatoms. The fourth-order valence-electron chi connectivity index (χ4n) is 2.72. The lowest BCUT2D eigenvalue weighted by atomic mass is 10.1. The van der Waals surface area contributed by atoms with E-state index >= 15 is 0 Å². The van der Waals surface area contributed by atoms with Crippen molar-refractivity contribution in [3.63, 3.8) is 0 Å². The first-order valence-corrected chi connectivity index (χ1v) is 8.82. The van der Waals surface area contributed by atoms with E-state index in [1.165, 1.54) is 17.9 Å². The first kappa shape index (κ1) is 19.5. The van der Waals surface area contributed by atoms with E-state index < -0.39 is 33.5 Å². The Balaban J connectivity index is 2.47. The molecule has 1 heterocycles. The van der Waals surface area contributed by atoms with Crippen LogP contribution in [0.5, 0.6) is 5.75 Å². The number of ether oxygens (including phenoxy) is 1. The van der Waals surface area contributed by atoms with Crippen LogP contribution >= 0.6 is 27.5 Å². The molecular weight excluding hydrogens is 447 g/mol. The maximum atomic E-state index is 14.5. The smallest absolute Gasteiger partial charge is 0.214 e. The van der Waals surface area contributed by atoms with Gasteiger partial charge in [-0.1, -0.05) is 17.7 Å². The summed E-state index contributed by atoms with van der Waals surface area (Å²) in [7, 11) is 1.48. The van der Waals surface area contributed by atoms with Gasteiger partial charge in [0.2, 0.25) is 5.43 Å². The molecule has 0 unspecified atom stereocenters. The van der Waals surface area contributed by atoms with Crippen LogP contribution in [0, 0.1) is 24.4 Å². The summed E-state index contributed by atoms with van der Waals surface area (Å²) in [5.41, 5.74) is -0.266. The van der Waals surface area contributed by atoms with Crippen LogP contribution in [0.3, 0.4) is 0 Å². The average molecular weight is 459 g/mol. The summed E-state index contributed by atoms with van der Waals surface area (Å²) in [6, 6.07) is 6.16. The van der Waals surface area contributed by atoms with Crippen LogP contribution in [-0.4, -0.2) is 11.7 Å². The second kappa shape index (κ2) is 7.40. The predicted molar refractivity (Wildman–Crippen MR) is 101 cm³/mol. The maximum absolute atomic E-state index is 14.5. The van der Waals surface area contributed by atoms with Crippen molar-refractivity contribution in [2.45, 2.75) is 6.92 Å². The molecule has 0 fully saturated rings. The molecule has 3 nitrogen and oxygen atoms in total. The third kappa shape index (κ3) is 3.49. The molecule has 3 rings (SSSR count). The Morgan fingerprint density at radius 1 is 1.11 bits per heavy atom. The average Bonchev–Trinajstić information content (AvgIpc) is 2.61. The lowest BCUT2D eigenvalue weighted by molar-refractivity contribution is 0.414. The fourth-order valence-corrected chi connectivity index (χ4v) is 3.52. The Labute approximate surface area is 166 Å². The van der Waals surface area contributed by atoms with Crippen LogP contribution in [0.2, 0.25) is 5.02 Å². The molecule has 0 saturated carbocycles. The van der Waals surface area contributed by atoms with Gasteiger partial charge in [-0.25, -0.2) is 13.2 Å². The van der Waals surface area contributed by atoms with E-state index in [0.29, 0.717) is 23.6 Å². The summed E-state index contributed by atoms with van der Waals surface area (Å²) in [6.07, 6.45) is 1.35. The summed E-state index contributed by atoms with van der Waals surface area (Å²) in [5.74, 6) is -2.93. The van der Waals surface area contributed by atoms with E-state index in [1.54, 1.807) is 25.1 Å². The van der Waals surface area contributed by atoms with Crippen molar-refractivity contribution >= 4 is 27.5 Å². The SMILES string of the molecule is COc1ccc(C)c(-n2cc(Br)c(=O)c(Cl)c2-c2c(F)cc(F)cc2F)c1. The zero-order valence-corrected chi connectivity index (χ0v) is 16.5. The lowest BCUT2D eigenvalue weighted by Crippen LogP contribution is -2.14. The zero-order valence-electron chi connectivity index (χ0n) is 14.1. The monoisotopic (exact) mass is 457 g/mol. The van der Waals surface area contributed by atoms with Gasteiger partial charge in [-0.15, -0.1) is 0 Å². The van der Waals surface area contributed by atoms with Crippen molar-refractivity contribution in [1.29, 1.82) is 0 Å². The highest BCUT2D eigenvalue weighted by Crippen LogP contribution is 2.35. The van der Waals surface area contributed by atoms with Gasteiger partial charge in [0.05, 0.1) is 28.5 Å². The van der Waals surface area contributed by atoms with Crippen molar-refractivity contribution in [2.24, 2.45) is 0 Å². The molecule has 0 amide bonds. The van der Waals surface area contributed by atoms with Crippen LogP contribution in [0.15, 0.2) is 45.8 Å². The minimum Gasteiger partial charge on any atom is -0.497 e. The van der Waals surface area contributed by atoms with Gasteiger partial charge in [0.1, 0.15) is 28.2 Å². The molecule has 0 bridgehead atoms. The highest BCUT2D eigenvalue weighted by Gasteiger charge is 2.23. The van der Waals surface area contributed by atoms with E-state index in [2.05, 4.69) is 15.9 Å². The first-order chi connectivity index (χ1) is 12.7. The van der Waals surface area contributed by atoms with Crippen molar-refractivity contribution < 1.29 is 17.9 Å². The van der Waals surface area contributed by atoms with Crippen LogP contribution in [0.4, 0.5) is 13.2 Å². The predicted octanol–water partition coefficient (Wildman–Crippen LogP) is 5.65. The summed E-state index contributed by atoms with van der Waals surface area (Å²) in [5, 5.41) is -0.406. The number of hydrogen-bond acceptors (Lipinski definition) is 2.